The van der Waals surface area contributed by atoms with Crippen molar-refractivity contribution in [3.8, 4) is 5.75 Å². The van der Waals surface area contributed by atoms with Gasteiger partial charge in [-0.15, -0.1) is 0 Å². The average molecular weight is 294 g/mol. The first-order valence-electron chi connectivity index (χ1n) is 7.73. The minimum Gasteiger partial charge on any atom is -0.497 e. The lowest BCUT2D eigenvalue weighted by molar-refractivity contribution is -0.167. The van der Waals surface area contributed by atoms with Gasteiger partial charge in [0.05, 0.1) is 18.8 Å². The standard InChI is InChI=1S/C17H26O4/c1-3-21-17(10-12-20-13-11-17)16(18)9-6-14-4-7-15(19-2)8-5-14/h4-5,7-8,16,18H,3,6,9-13H2,1-2H3. The Morgan fingerprint density at radius 2 is 1.90 bits per heavy atom. The second kappa shape index (κ2) is 7.78. The summed E-state index contributed by atoms with van der Waals surface area (Å²) in [4.78, 5) is 0. The summed E-state index contributed by atoms with van der Waals surface area (Å²) in [6.07, 6.45) is 2.62. The van der Waals surface area contributed by atoms with Crippen molar-refractivity contribution >= 4 is 0 Å². The number of hydrogen-bond acceptors (Lipinski definition) is 4. The number of methoxy groups -OCH3 is 1. The van der Waals surface area contributed by atoms with Crippen LogP contribution in [0.15, 0.2) is 24.3 Å². The van der Waals surface area contributed by atoms with Crippen LogP contribution in [-0.2, 0) is 15.9 Å². The van der Waals surface area contributed by atoms with Crippen LogP contribution in [0.4, 0.5) is 0 Å². The third kappa shape index (κ3) is 4.19. The molecule has 4 nitrogen and oxygen atoms in total. The fraction of sp³-hybridized carbons (Fsp3) is 0.647. The first-order valence-corrected chi connectivity index (χ1v) is 7.73. The van der Waals surface area contributed by atoms with Gasteiger partial charge in [0, 0.05) is 32.7 Å². The van der Waals surface area contributed by atoms with E-state index in [1.54, 1.807) is 7.11 Å². The molecule has 1 atom stereocenters. The Hall–Kier alpha value is -1.10. The lowest BCUT2D eigenvalue weighted by Crippen LogP contribution is -2.49. The smallest absolute Gasteiger partial charge is 0.118 e. The highest BCUT2D eigenvalue weighted by Crippen LogP contribution is 2.31. The molecular formula is C17H26O4. The molecule has 2 rings (SSSR count). The molecule has 1 N–H and O–H groups in total. The Kier molecular flexibility index (Phi) is 6.03. The molecule has 21 heavy (non-hydrogen) atoms. The van der Waals surface area contributed by atoms with Gasteiger partial charge in [-0.1, -0.05) is 12.1 Å². The van der Waals surface area contributed by atoms with Crippen molar-refractivity contribution in [1.29, 1.82) is 0 Å². The topological polar surface area (TPSA) is 47.9 Å². The number of aryl methyl sites for hydroxylation is 1. The molecule has 1 unspecified atom stereocenters. The molecule has 0 bridgehead atoms. The van der Waals surface area contributed by atoms with Gasteiger partial charge < -0.3 is 19.3 Å². The zero-order valence-corrected chi connectivity index (χ0v) is 13.0. The van der Waals surface area contributed by atoms with E-state index in [1.165, 1.54) is 5.56 Å². The van der Waals surface area contributed by atoms with Crippen LogP contribution in [0, 0.1) is 0 Å². The number of hydrogen-bond donors (Lipinski definition) is 1. The van der Waals surface area contributed by atoms with Crippen molar-refractivity contribution in [2.75, 3.05) is 26.9 Å². The summed E-state index contributed by atoms with van der Waals surface area (Å²) in [6.45, 7) is 3.94. The summed E-state index contributed by atoms with van der Waals surface area (Å²) < 4.78 is 16.5. The van der Waals surface area contributed by atoms with E-state index in [9.17, 15) is 5.11 Å². The van der Waals surface area contributed by atoms with E-state index in [-0.39, 0.29) is 0 Å². The molecule has 1 saturated heterocycles. The van der Waals surface area contributed by atoms with E-state index in [0.29, 0.717) is 26.2 Å². The highest BCUT2D eigenvalue weighted by atomic mass is 16.5. The Morgan fingerprint density at radius 3 is 2.48 bits per heavy atom. The van der Waals surface area contributed by atoms with Crippen LogP contribution >= 0.6 is 0 Å². The normalized spacial score (nSPS) is 19.2. The first-order chi connectivity index (χ1) is 10.2. The van der Waals surface area contributed by atoms with Crippen LogP contribution < -0.4 is 4.74 Å². The lowest BCUT2D eigenvalue weighted by Gasteiger charge is -2.40. The zero-order valence-electron chi connectivity index (χ0n) is 13.0. The predicted octanol–water partition coefficient (Wildman–Crippen LogP) is 2.57. The fourth-order valence-corrected chi connectivity index (χ4v) is 2.94. The predicted molar refractivity (Wildman–Crippen MR) is 81.7 cm³/mol. The minimum absolute atomic E-state index is 0.431. The van der Waals surface area contributed by atoms with Crippen LogP contribution in [0.2, 0.25) is 0 Å². The van der Waals surface area contributed by atoms with Gasteiger partial charge in [0.25, 0.3) is 0 Å². The summed E-state index contributed by atoms with van der Waals surface area (Å²) in [5.74, 6) is 0.856. The highest BCUT2D eigenvalue weighted by molar-refractivity contribution is 5.27. The second-order valence-corrected chi connectivity index (χ2v) is 5.51. The van der Waals surface area contributed by atoms with Gasteiger partial charge in [0.15, 0.2) is 0 Å². The van der Waals surface area contributed by atoms with Crippen molar-refractivity contribution < 1.29 is 19.3 Å². The summed E-state index contributed by atoms with van der Waals surface area (Å²) in [7, 11) is 1.66. The third-order valence-corrected chi connectivity index (χ3v) is 4.24. The largest absolute Gasteiger partial charge is 0.497 e. The van der Waals surface area contributed by atoms with Gasteiger partial charge >= 0.3 is 0 Å². The molecule has 118 valence electrons. The van der Waals surface area contributed by atoms with E-state index in [2.05, 4.69) is 0 Å². The molecular weight excluding hydrogens is 268 g/mol. The fourth-order valence-electron chi connectivity index (χ4n) is 2.94. The van der Waals surface area contributed by atoms with Crippen LogP contribution in [0.25, 0.3) is 0 Å². The maximum absolute atomic E-state index is 10.6. The number of aliphatic hydroxyl groups is 1. The maximum atomic E-state index is 10.6. The van der Waals surface area contributed by atoms with Gasteiger partial charge in [0.1, 0.15) is 5.75 Å². The third-order valence-electron chi connectivity index (χ3n) is 4.24. The average Bonchev–Trinajstić information content (AvgIpc) is 2.54. The Balaban J connectivity index is 1.93. The van der Waals surface area contributed by atoms with Gasteiger partial charge in [-0.2, -0.15) is 0 Å². The Bertz CT molecular complexity index is 404. The monoisotopic (exact) mass is 294 g/mol. The van der Waals surface area contributed by atoms with Crippen molar-refractivity contribution in [1.82, 2.24) is 0 Å². The van der Waals surface area contributed by atoms with E-state index >= 15 is 0 Å². The van der Waals surface area contributed by atoms with Crippen molar-refractivity contribution in [2.45, 2.75) is 44.3 Å². The summed E-state index contributed by atoms with van der Waals surface area (Å²) in [5.41, 5.74) is 0.771. The van der Waals surface area contributed by atoms with E-state index in [0.717, 1.165) is 25.0 Å². The molecule has 1 heterocycles. The highest BCUT2D eigenvalue weighted by Gasteiger charge is 2.39. The van der Waals surface area contributed by atoms with Gasteiger partial charge in [-0.25, -0.2) is 0 Å². The second-order valence-electron chi connectivity index (χ2n) is 5.51. The van der Waals surface area contributed by atoms with Gasteiger partial charge in [-0.3, -0.25) is 0 Å². The molecule has 1 aromatic rings. The maximum Gasteiger partial charge on any atom is 0.118 e. The molecule has 1 aromatic carbocycles. The Morgan fingerprint density at radius 1 is 1.24 bits per heavy atom. The summed E-state index contributed by atoms with van der Waals surface area (Å²) >= 11 is 0. The van der Waals surface area contributed by atoms with E-state index in [4.69, 9.17) is 14.2 Å². The van der Waals surface area contributed by atoms with Crippen LogP contribution in [0.1, 0.15) is 31.7 Å². The van der Waals surface area contributed by atoms with Gasteiger partial charge in [0.2, 0.25) is 0 Å². The number of benzene rings is 1. The van der Waals surface area contributed by atoms with Crippen LogP contribution in [0.3, 0.4) is 0 Å². The minimum atomic E-state index is -0.455. The molecule has 0 spiro atoms. The number of aliphatic hydroxyl groups excluding tert-OH is 1. The molecule has 0 aliphatic carbocycles. The van der Waals surface area contributed by atoms with Crippen molar-refractivity contribution in [2.24, 2.45) is 0 Å². The van der Waals surface area contributed by atoms with Crippen molar-refractivity contribution in [3.05, 3.63) is 29.8 Å². The van der Waals surface area contributed by atoms with E-state index in [1.807, 2.05) is 31.2 Å². The molecule has 1 fully saturated rings. The summed E-state index contributed by atoms with van der Waals surface area (Å²) in [5, 5.41) is 10.6. The number of rotatable bonds is 7. The molecule has 0 aromatic heterocycles. The molecule has 0 amide bonds. The van der Waals surface area contributed by atoms with Crippen molar-refractivity contribution in [3.63, 3.8) is 0 Å². The zero-order chi connectivity index (χ0) is 15.1. The lowest BCUT2D eigenvalue weighted by atomic mass is 9.85. The molecule has 4 heteroatoms. The quantitative estimate of drug-likeness (QED) is 0.839. The molecule has 1 aliphatic heterocycles. The SMILES string of the molecule is CCOC1(C(O)CCc2ccc(OC)cc2)CCOCC1. The molecule has 1 aliphatic rings. The van der Waals surface area contributed by atoms with Crippen LogP contribution in [-0.4, -0.2) is 43.7 Å². The van der Waals surface area contributed by atoms with E-state index < -0.39 is 11.7 Å². The molecule has 0 radical (unpaired) electrons. The van der Waals surface area contributed by atoms with Gasteiger partial charge in [-0.05, 0) is 37.5 Å². The first kappa shape index (κ1) is 16.3. The number of ether oxygens (including phenoxy) is 3. The Labute approximate surface area is 127 Å². The molecule has 0 saturated carbocycles. The van der Waals surface area contributed by atoms with Crippen LogP contribution in [0.5, 0.6) is 5.75 Å². The summed E-state index contributed by atoms with van der Waals surface area (Å²) in [6, 6.07) is 7.99.